The van der Waals surface area contributed by atoms with Crippen LogP contribution in [-0.2, 0) is 11.3 Å². The van der Waals surface area contributed by atoms with Crippen LogP contribution in [0.4, 0.5) is 5.82 Å². The maximum atomic E-state index is 12.0. The van der Waals surface area contributed by atoms with Crippen LogP contribution < -0.4 is 15.2 Å². The van der Waals surface area contributed by atoms with E-state index < -0.39 is 0 Å². The molecule has 1 aliphatic heterocycles. The van der Waals surface area contributed by atoms with Gasteiger partial charge in [0.05, 0.1) is 12.5 Å². The van der Waals surface area contributed by atoms with Gasteiger partial charge in [0, 0.05) is 61.1 Å². The standard InChI is InChI=1S/C32H32N6O4/c1-4-28(40)37-16-23-21(24(23)17-37)11-12-25-29(30-31(33)34-18-35-32(30)38(25)13-6-14-39)22-10-9-20(15-26(22)41-3)42-27-8-5-7-19(2)36-27/h4-5,7-10,15,18,21,23-24,39H,1,6,13-14,16-17H2,2-3H3,(H2,33,34,35)/t21?,23-,24+. The fourth-order valence-corrected chi connectivity index (χ4v) is 5.87. The Labute approximate surface area is 243 Å². The van der Waals surface area contributed by atoms with E-state index in [4.69, 9.17) is 15.2 Å². The second kappa shape index (κ2) is 11.2. The van der Waals surface area contributed by atoms with Crippen molar-refractivity contribution in [2.24, 2.45) is 17.8 Å². The number of methoxy groups -OCH3 is 1. The second-order valence-electron chi connectivity index (χ2n) is 10.6. The van der Waals surface area contributed by atoms with Gasteiger partial charge in [-0.2, -0.15) is 0 Å². The summed E-state index contributed by atoms with van der Waals surface area (Å²) in [5, 5.41) is 10.3. The lowest BCUT2D eigenvalue weighted by Crippen LogP contribution is -2.29. The number of nitrogens with zero attached hydrogens (tertiary/aromatic N) is 5. The van der Waals surface area contributed by atoms with Gasteiger partial charge in [-0.1, -0.05) is 18.6 Å². The van der Waals surface area contributed by atoms with Gasteiger partial charge in [-0.3, -0.25) is 4.79 Å². The number of ether oxygens (including phenoxy) is 2. The molecule has 2 aliphatic rings. The van der Waals surface area contributed by atoms with Crippen molar-refractivity contribution in [1.29, 1.82) is 0 Å². The monoisotopic (exact) mass is 564 g/mol. The number of aryl methyl sites for hydroxylation is 2. The van der Waals surface area contributed by atoms with Crippen LogP contribution in [0.15, 0.2) is 55.4 Å². The van der Waals surface area contributed by atoms with E-state index in [2.05, 4.69) is 33.4 Å². The predicted octanol–water partition coefficient (Wildman–Crippen LogP) is 3.81. The maximum Gasteiger partial charge on any atom is 0.245 e. The number of aromatic nitrogens is 4. The molecule has 0 radical (unpaired) electrons. The Morgan fingerprint density at radius 2 is 2.05 bits per heavy atom. The summed E-state index contributed by atoms with van der Waals surface area (Å²) in [6.45, 7) is 7.41. The molecule has 0 bridgehead atoms. The van der Waals surface area contributed by atoms with Crippen LogP contribution in [0.3, 0.4) is 0 Å². The highest BCUT2D eigenvalue weighted by Crippen LogP contribution is 2.51. The van der Waals surface area contributed by atoms with Crippen molar-refractivity contribution in [2.75, 3.05) is 32.5 Å². The Bertz CT molecular complexity index is 1740. The van der Waals surface area contributed by atoms with Crippen LogP contribution in [0.1, 0.15) is 17.8 Å². The van der Waals surface area contributed by atoms with E-state index in [1.54, 1.807) is 13.2 Å². The van der Waals surface area contributed by atoms with Gasteiger partial charge in [-0.05, 0) is 55.4 Å². The number of anilines is 1. The van der Waals surface area contributed by atoms with Gasteiger partial charge in [0.1, 0.15) is 35.0 Å². The average molecular weight is 565 g/mol. The van der Waals surface area contributed by atoms with Gasteiger partial charge in [-0.25, -0.2) is 15.0 Å². The first-order chi connectivity index (χ1) is 20.4. The lowest BCUT2D eigenvalue weighted by atomic mass is 10.0. The molecule has 1 saturated carbocycles. The maximum absolute atomic E-state index is 12.0. The van der Waals surface area contributed by atoms with Crippen LogP contribution in [-0.4, -0.2) is 62.2 Å². The minimum atomic E-state index is -0.0351. The third-order valence-electron chi connectivity index (χ3n) is 7.97. The van der Waals surface area contributed by atoms with Crippen molar-refractivity contribution in [3.8, 4) is 40.3 Å². The SMILES string of the molecule is C=CC(=O)N1C[C@@H]2C(C#Cc3c(-c4ccc(Oc5cccc(C)n5)cc4OC)c4c(N)ncnc4n3CCCO)[C@@H]2C1. The highest BCUT2D eigenvalue weighted by atomic mass is 16.5. The zero-order chi connectivity index (χ0) is 29.4. The molecule has 1 aromatic carbocycles. The number of pyridine rings is 1. The molecule has 0 spiro atoms. The van der Waals surface area contributed by atoms with Crippen molar-refractivity contribution < 1.29 is 19.4 Å². The molecule has 4 heterocycles. The summed E-state index contributed by atoms with van der Waals surface area (Å²) in [6.07, 6.45) is 3.32. The summed E-state index contributed by atoms with van der Waals surface area (Å²) in [6, 6.07) is 11.2. The van der Waals surface area contributed by atoms with E-state index in [0.29, 0.717) is 72.1 Å². The van der Waals surface area contributed by atoms with Crippen LogP contribution in [0.2, 0.25) is 0 Å². The number of fused-ring (bicyclic) bond motifs is 2. The summed E-state index contributed by atoms with van der Waals surface area (Å²) < 4.78 is 13.9. The Hall–Kier alpha value is -4.88. The number of hydrogen-bond donors (Lipinski definition) is 2. The number of carbonyl (C=O) groups excluding carboxylic acids is 1. The number of carbonyl (C=O) groups is 1. The highest BCUT2D eigenvalue weighted by molar-refractivity contribution is 6.04. The molecular formula is C32H32N6O4. The number of benzene rings is 1. The predicted molar refractivity (Wildman–Crippen MR) is 159 cm³/mol. The number of nitrogen functional groups attached to an aromatic ring is 1. The largest absolute Gasteiger partial charge is 0.496 e. The first-order valence-corrected chi connectivity index (χ1v) is 13.9. The van der Waals surface area contributed by atoms with Crippen molar-refractivity contribution >= 4 is 22.8 Å². The van der Waals surface area contributed by atoms with E-state index in [1.807, 2.05) is 46.7 Å². The van der Waals surface area contributed by atoms with Gasteiger partial charge in [0.25, 0.3) is 0 Å². The molecular weight excluding hydrogens is 532 g/mol. The summed E-state index contributed by atoms with van der Waals surface area (Å²) >= 11 is 0. The van der Waals surface area contributed by atoms with Crippen LogP contribution >= 0.6 is 0 Å². The van der Waals surface area contributed by atoms with Crippen LogP contribution in [0.5, 0.6) is 17.4 Å². The lowest BCUT2D eigenvalue weighted by molar-refractivity contribution is -0.125. The molecule has 1 saturated heterocycles. The minimum absolute atomic E-state index is 0.0186. The number of piperidine rings is 1. The molecule has 3 aromatic heterocycles. The normalized spacial score (nSPS) is 18.7. The smallest absolute Gasteiger partial charge is 0.245 e. The van der Waals surface area contributed by atoms with Gasteiger partial charge < -0.3 is 29.8 Å². The molecule has 10 nitrogen and oxygen atoms in total. The Morgan fingerprint density at radius 1 is 1.24 bits per heavy atom. The van der Waals surface area contributed by atoms with E-state index in [-0.39, 0.29) is 18.4 Å². The average Bonchev–Trinajstić information content (AvgIpc) is 3.29. The molecule has 3 N–H and O–H groups in total. The van der Waals surface area contributed by atoms with Crippen LogP contribution in [0, 0.1) is 36.5 Å². The van der Waals surface area contributed by atoms with Gasteiger partial charge in [0.15, 0.2) is 0 Å². The zero-order valence-electron chi connectivity index (χ0n) is 23.6. The van der Waals surface area contributed by atoms with Gasteiger partial charge in [0.2, 0.25) is 11.8 Å². The molecule has 4 aromatic rings. The van der Waals surface area contributed by atoms with Gasteiger partial charge in [-0.15, -0.1) is 0 Å². The molecule has 2 fully saturated rings. The highest BCUT2D eigenvalue weighted by Gasteiger charge is 2.55. The summed E-state index contributed by atoms with van der Waals surface area (Å²) in [4.78, 5) is 27.2. The van der Waals surface area contributed by atoms with Crippen LogP contribution in [0.25, 0.3) is 22.2 Å². The van der Waals surface area contributed by atoms with Gasteiger partial charge >= 0.3 is 0 Å². The van der Waals surface area contributed by atoms with E-state index >= 15 is 0 Å². The van der Waals surface area contributed by atoms with Crippen molar-refractivity contribution in [2.45, 2.75) is 19.9 Å². The number of hydrogen-bond acceptors (Lipinski definition) is 8. The number of likely N-dealkylation sites (tertiary alicyclic amines) is 1. The summed E-state index contributed by atoms with van der Waals surface area (Å²) in [7, 11) is 1.60. The first kappa shape index (κ1) is 27.3. The van der Waals surface area contributed by atoms with E-state index in [1.165, 1.54) is 12.4 Å². The third-order valence-corrected chi connectivity index (χ3v) is 7.97. The molecule has 1 amide bonds. The molecule has 3 atom stereocenters. The Kier molecular flexibility index (Phi) is 7.27. The number of nitrogens with two attached hydrogens (primary N) is 1. The summed E-state index contributed by atoms with van der Waals surface area (Å²) in [5.74, 6) is 9.75. The number of amides is 1. The second-order valence-corrected chi connectivity index (χ2v) is 10.6. The Balaban J connectivity index is 1.43. The fourth-order valence-electron chi connectivity index (χ4n) is 5.87. The van der Waals surface area contributed by atoms with E-state index in [9.17, 15) is 9.90 Å². The summed E-state index contributed by atoms with van der Waals surface area (Å²) in [5.41, 5.74) is 10.2. The lowest BCUT2D eigenvalue weighted by Gasteiger charge is -2.16. The number of aliphatic hydroxyl groups is 1. The van der Waals surface area contributed by atoms with E-state index in [0.717, 1.165) is 22.5 Å². The topological polar surface area (TPSA) is 129 Å². The van der Waals surface area contributed by atoms with Crippen molar-refractivity contribution in [3.05, 3.63) is 66.8 Å². The molecule has 1 unspecified atom stereocenters. The van der Waals surface area contributed by atoms with Crippen molar-refractivity contribution in [3.63, 3.8) is 0 Å². The zero-order valence-corrected chi connectivity index (χ0v) is 23.6. The molecule has 42 heavy (non-hydrogen) atoms. The van der Waals surface area contributed by atoms with Crippen molar-refractivity contribution in [1.82, 2.24) is 24.4 Å². The quantitative estimate of drug-likeness (QED) is 0.244. The number of rotatable bonds is 8. The molecule has 1 aliphatic carbocycles. The molecule has 6 rings (SSSR count). The fraction of sp³-hybridized carbons (Fsp3) is 0.312. The molecule has 214 valence electrons. The minimum Gasteiger partial charge on any atom is -0.496 e. The Morgan fingerprint density at radius 3 is 2.76 bits per heavy atom. The molecule has 10 heteroatoms. The third kappa shape index (κ3) is 4.92. The number of aliphatic hydroxyl groups excluding tert-OH is 1. The first-order valence-electron chi connectivity index (χ1n) is 13.9.